The third-order valence-electron chi connectivity index (χ3n) is 2.69. The van der Waals surface area contributed by atoms with E-state index in [1.807, 2.05) is 0 Å². The zero-order valence-electron chi connectivity index (χ0n) is 10.3. The molecule has 0 bridgehead atoms. The largest absolute Gasteiger partial charge is 0.478 e. The fraction of sp³-hybridized carbons (Fsp3) is 0.0667. The number of hydrogen-bond acceptors (Lipinski definition) is 2. The van der Waals surface area contributed by atoms with Crippen molar-refractivity contribution in [1.29, 1.82) is 0 Å². The highest BCUT2D eigenvalue weighted by atomic mass is 19.1. The van der Waals surface area contributed by atoms with Gasteiger partial charge in [0.1, 0.15) is 5.82 Å². The SMILES string of the molecule is C/C(=C\C(=O)O)c1cncc(-c2cccc(F)c2)c1. The fourth-order valence-corrected chi connectivity index (χ4v) is 1.75. The molecule has 96 valence electrons. The number of pyridine rings is 1. The van der Waals surface area contributed by atoms with Crippen molar-refractivity contribution in [3.05, 3.63) is 60.2 Å². The average Bonchev–Trinajstić information content (AvgIpc) is 2.38. The predicted octanol–water partition coefficient (Wildman–Crippen LogP) is 3.38. The van der Waals surface area contributed by atoms with E-state index in [0.717, 1.165) is 11.6 Å². The third kappa shape index (κ3) is 3.25. The summed E-state index contributed by atoms with van der Waals surface area (Å²) in [5.41, 5.74) is 2.75. The van der Waals surface area contributed by atoms with Gasteiger partial charge in [0.05, 0.1) is 0 Å². The monoisotopic (exact) mass is 257 g/mol. The molecular formula is C15H12FNO2. The van der Waals surface area contributed by atoms with Gasteiger partial charge in [-0.2, -0.15) is 0 Å². The molecule has 0 atom stereocenters. The fourth-order valence-electron chi connectivity index (χ4n) is 1.75. The summed E-state index contributed by atoms with van der Waals surface area (Å²) in [6.07, 6.45) is 4.32. The number of carboxylic acid groups (broad SMARTS) is 1. The van der Waals surface area contributed by atoms with E-state index in [4.69, 9.17) is 5.11 Å². The molecule has 1 N–H and O–H groups in total. The number of carbonyl (C=O) groups is 1. The number of allylic oxidation sites excluding steroid dienone is 1. The van der Waals surface area contributed by atoms with E-state index in [0.29, 0.717) is 16.7 Å². The molecule has 1 heterocycles. The van der Waals surface area contributed by atoms with E-state index < -0.39 is 5.97 Å². The molecule has 0 unspecified atom stereocenters. The lowest BCUT2D eigenvalue weighted by Gasteiger charge is -2.05. The van der Waals surface area contributed by atoms with Gasteiger partial charge in [0.2, 0.25) is 0 Å². The van der Waals surface area contributed by atoms with Crippen molar-refractivity contribution in [3.8, 4) is 11.1 Å². The number of aliphatic carboxylic acids is 1. The first-order valence-corrected chi connectivity index (χ1v) is 5.69. The zero-order valence-corrected chi connectivity index (χ0v) is 10.3. The van der Waals surface area contributed by atoms with Crippen molar-refractivity contribution in [2.75, 3.05) is 0 Å². The smallest absolute Gasteiger partial charge is 0.328 e. The zero-order chi connectivity index (χ0) is 13.8. The number of benzene rings is 1. The Balaban J connectivity index is 2.42. The van der Waals surface area contributed by atoms with E-state index >= 15 is 0 Å². The molecule has 0 aliphatic heterocycles. The summed E-state index contributed by atoms with van der Waals surface area (Å²) in [5.74, 6) is -1.32. The van der Waals surface area contributed by atoms with Gasteiger partial charge >= 0.3 is 5.97 Å². The van der Waals surface area contributed by atoms with E-state index in [1.54, 1.807) is 37.5 Å². The van der Waals surface area contributed by atoms with Gasteiger partial charge in [-0.3, -0.25) is 4.98 Å². The van der Waals surface area contributed by atoms with E-state index in [2.05, 4.69) is 4.98 Å². The van der Waals surface area contributed by atoms with Crippen LogP contribution in [0.4, 0.5) is 4.39 Å². The second-order valence-corrected chi connectivity index (χ2v) is 4.14. The van der Waals surface area contributed by atoms with E-state index in [-0.39, 0.29) is 5.82 Å². The maximum Gasteiger partial charge on any atom is 0.328 e. The first kappa shape index (κ1) is 13.0. The third-order valence-corrected chi connectivity index (χ3v) is 2.69. The Labute approximate surface area is 110 Å². The Bertz CT molecular complexity index is 650. The van der Waals surface area contributed by atoms with Crippen molar-refractivity contribution >= 4 is 11.5 Å². The minimum absolute atomic E-state index is 0.319. The summed E-state index contributed by atoms with van der Waals surface area (Å²) in [6.45, 7) is 1.69. The van der Waals surface area contributed by atoms with Crippen LogP contribution >= 0.6 is 0 Å². The van der Waals surface area contributed by atoms with Gasteiger partial charge in [-0.1, -0.05) is 12.1 Å². The van der Waals surface area contributed by atoms with Gasteiger partial charge in [0, 0.05) is 24.0 Å². The standard InChI is InChI=1S/C15H12FNO2/c1-10(5-15(18)19)12-6-13(9-17-8-12)11-3-2-4-14(16)7-11/h2-9H,1H3,(H,18,19)/b10-5+. The Morgan fingerprint density at radius 3 is 2.74 bits per heavy atom. The van der Waals surface area contributed by atoms with Crippen LogP contribution in [-0.4, -0.2) is 16.1 Å². The molecule has 0 saturated heterocycles. The Morgan fingerprint density at radius 1 is 1.26 bits per heavy atom. The van der Waals surface area contributed by atoms with Crippen LogP contribution in [0.2, 0.25) is 0 Å². The molecule has 2 rings (SSSR count). The summed E-state index contributed by atoms with van der Waals surface area (Å²) < 4.78 is 13.2. The minimum Gasteiger partial charge on any atom is -0.478 e. The van der Waals surface area contributed by atoms with Crippen LogP contribution in [0.25, 0.3) is 16.7 Å². The maximum atomic E-state index is 13.2. The molecule has 0 spiro atoms. The molecule has 3 nitrogen and oxygen atoms in total. The molecule has 0 amide bonds. The average molecular weight is 257 g/mol. The van der Waals surface area contributed by atoms with Crippen LogP contribution in [0.15, 0.2) is 48.8 Å². The Morgan fingerprint density at radius 2 is 2.05 bits per heavy atom. The molecule has 4 heteroatoms. The second-order valence-electron chi connectivity index (χ2n) is 4.14. The van der Waals surface area contributed by atoms with Crippen LogP contribution in [-0.2, 0) is 4.79 Å². The van der Waals surface area contributed by atoms with Gasteiger partial charge in [-0.15, -0.1) is 0 Å². The number of nitrogens with zero attached hydrogens (tertiary/aromatic N) is 1. The number of aromatic nitrogens is 1. The highest BCUT2D eigenvalue weighted by molar-refractivity contribution is 5.89. The summed E-state index contributed by atoms with van der Waals surface area (Å²) in [7, 11) is 0. The quantitative estimate of drug-likeness (QED) is 0.857. The summed E-state index contributed by atoms with van der Waals surface area (Å²) in [5, 5.41) is 8.72. The first-order valence-electron chi connectivity index (χ1n) is 5.69. The molecular weight excluding hydrogens is 245 g/mol. The second kappa shape index (κ2) is 5.44. The first-order chi connectivity index (χ1) is 9.06. The molecule has 0 fully saturated rings. The normalized spacial score (nSPS) is 11.4. The molecule has 0 radical (unpaired) electrons. The van der Waals surface area contributed by atoms with E-state index in [1.165, 1.54) is 12.1 Å². The number of rotatable bonds is 3. The van der Waals surface area contributed by atoms with Crippen molar-refractivity contribution in [2.45, 2.75) is 6.92 Å². The lowest BCUT2D eigenvalue weighted by molar-refractivity contribution is -0.131. The van der Waals surface area contributed by atoms with E-state index in [9.17, 15) is 9.18 Å². The van der Waals surface area contributed by atoms with Crippen LogP contribution < -0.4 is 0 Å². The predicted molar refractivity (Wildman–Crippen MR) is 70.9 cm³/mol. The van der Waals surface area contributed by atoms with Gasteiger partial charge in [0.25, 0.3) is 0 Å². The van der Waals surface area contributed by atoms with Gasteiger partial charge in [0.15, 0.2) is 0 Å². The Kier molecular flexibility index (Phi) is 3.71. The van der Waals surface area contributed by atoms with Crippen LogP contribution in [0.5, 0.6) is 0 Å². The topological polar surface area (TPSA) is 50.2 Å². The van der Waals surface area contributed by atoms with Crippen molar-refractivity contribution in [2.24, 2.45) is 0 Å². The number of carboxylic acids is 1. The van der Waals surface area contributed by atoms with Crippen LogP contribution in [0.3, 0.4) is 0 Å². The maximum absolute atomic E-state index is 13.2. The molecule has 0 aliphatic rings. The van der Waals surface area contributed by atoms with Gasteiger partial charge in [-0.25, -0.2) is 9.18 Å². The molecule has 2 aromatic rings. The minimum atomic E-state index is -1.01. The lowest BCUT2D eigenvalue weighted by atomic mass is 10.0. The summed E-state index contributed by atoms with van der Waals surface area (Å²) in [6, 6.07) is 7.97. The highest BCUT2D eigenvalue weighted by Crippen LogP contribution is 2.23. The Hall–Kier alpha value is -2.49. The van der Waals surface area contributed by atoms with Gasteiger partial charge in [-0.05, 0) is 41.8 Å². The molecule has 1 aromatic carbocycles. The van der Waals surface area contributed by atoms with Crippen LogP contribution in [0.1, 0.15) is 12.5 Å². The lowest BCUT2D eigenvalue weighted by Crippen LogP contribution is -1.91. The van der Waals surface area contributed by atoms with Crippen molar-refractivity contribution < 1.29 is 14.3 Å². The number of hydrogen-bond donors (Lipinski definition) is 1. The van der Waals surface area contributed by atoms with Gasteiger partial charge < -0.3 is 5.11 Å². The highest BCUT2D eigenvalue weighted by Gasteiger charge is 2.04. The number of halogens is 1. The molecule has 1 aromatic heterocycles. The molecule has 0 saturated carbocycles. The van der Waals surface area contributed by atoms with Crippen molar-refractivity contribution in [3.63, 3.8) is 0 Å². The molecule has 0 aliphatic carbocycles. The summed E-state index contributed by atoms with van der Waals surface area (Å²) in [4.78, 5) is 14.7. The summed E-state index contributed by atoms with van der Waals surface area (Å²) >= 11 is 0. The van der Waals surface area contributed by atoms with Crippen molar-refractivity contribution in [1.82, 2.24) is 4.98 Å². The van der Waals surface area contributed by atoms with Crippen LogP contribution in [0, 0.1) is 5.82 Å². The molecule has 19 heavy (non-hydrogen) atoms.